The molecular formula is C19H33N5O. The third kappa shape index (κ3) is 4.60. The molecular weight excluding hydrogens is 314 g/mol. The van der Waals surface area contributed by atoms with E-state index in [4.69, 9.17) is 0 Å². The van der Waals surface area contributed by atoms with Gasteiger partial charge in [-0.15, -0.1) is 0 Å². The molecule has 0 bridgehead atoms. The van der Waals surface area contributed by atoms with E-state index in [1.54, 1.807) is 12.7 Å². The van der Waals surface area contributed by atoms with Crippen LogP contribution in [0, 0.1) is 17.8 Å². The highest BCUT2D eigenvalue weighted by atomic mass is 16.2. The lowest BCUT2D eigenvalue weighted by molar-refractivity contribution is -0.128. The van der Waals surface area contributed by atoms with Gasteiger partial charge in [-0.25, -0.2) is 4.98 Å². The van der Waals surface area contributed by atoms with Gasteiger partial charge >= 0.3 is 0 Å². The highest BCUT2D eigenvalue weighted by Crippen LogP contribution is 2.29. The van der Waals surface area contributed by atoms with Crippen molar-refractivity contribution in [3.05, 3.63) is 12.7 Å². The molecule has 1 amide bonds. The Kier molecular flexibility index (Phi) is 6.10. The van der Waals surface area contributed by atoms with Gasteiger partial charge in [-0.1, -0.05) is 26.7 Å². The maximum absolute atomic E-state index is 12.8. The zero-order chi connectivity index (χ0) is 17.8. The van der Waals surface area contributed by atoms with Crippen molar-refractivity contribution in [2.75, 3.05) is 13.1 Å². The molecule has 3 rings (SSSR count). The maximum Gasteiger partial charge on any atom is 0.237 e. The van der Waals surface area contributed by atoms with Gasteiger partial charge in [-0.3, -0.25) is 14.4 Å². The Balaban J connectivity index is 1.52. The lowest BCUT2D eigenvalue weighted by Crippen LogP contribution is -2.53. The van der Waals surface area contributed by atoms with Crippen LogP contribution in [0.5, 0.6) is 0 Å². The zero-order valence-electron chi connectivity index (χ0n) is 15.9. The summed E-state index contributed by atoms with van der Waals surface area (Å²) >= 11 is 0. The van der Waals surface area contributed by atoms with Gasteiger partial charge in [0.15, 0.2) is 0 Å². The largest absolute Gasteiger partial charge is 0.352 e. The summed E-state index contributed by atoms with van der Waals surface area (Å²) in [4.78, 5) is 19.2. The summed E-state index contributed by atoms with van der Waals surface area (Å²) in [7, 11) is 0. The molecule has 140 valence electrons. The average Bonchev–Trinajstić information content (AvgIpc) is 3.11. The first-order valence-corrected chi connectivity index (χ1v) is 9.91. The number of likely N-dealkylation sites (tertiary alicyclic amines) is 1. The predicted molar refractivity (Wildman–Crippen MR) is 97.9 cm³/mol. The van der Waals surface area contributed by atoms with Crippen molar-refractivity contribution in [1.82, 2.24) is 25.0 Å². The first-order chi connectivity index (χ1) is 12.0. The smallest absolute Gasteiger partial charge is 0.237 e. The van der Waals surface area contributed by atoms with Gasteiger partial charge in [-0.05, 0) is 50.5 Å². The number of aromatic nitrogens is 3. The molecule has 1 saturated heterocycles. The minimum atomic E-state index is -0.0528. The van der Waals surface area contributed by atoms with Crippen molar-refractivity contribution in [3.8, 4) is 0 Å². The zero-order valence-corrected chi connectivity index (χ0v) is 15.9. The second-order valence-electron chi connectivity index (χ2n) is 8.18. The van der Waals surface area contributed by atoms with E-state index >= 15 is 0 Å². The van der Waals surface area contributed by atoms with Crippen molar-refractivity contribution in [1.29, 1.82) is 0 Å². The molecule has 5 atom stereocenters. The van der Waals surface area contributed by atoms with Crippen LogP contribution in [-0.4, -0.2) is 50.7 Å². The fraction of sp³-hybridized carbons (Fsp3) is 0.842. The number of carbonyl (C=O) groups is 1. The Morgan fingerprint density at radius 2 is 2.12 bits per heavy atom. The Hall–Kier alpha value is -1.43. The van der Waals surface area contributed by atoms with E-state index in [0.29, 0.717) is 23.8 Å². The third-order valence-electron chi connectivity index (χ3n) is 6.42. The first kappa shape index (κ1) is 18.4. The van der Waals surface area contributed by atoms with Crippen molar-refractivity contribution < 1.29 is 4.79 Å². The molecule has 6 nitrogen and oxygen atoms in total. The van der Waals surface area contributed by atoms with E-state index in [-0.39, 0.29) is 11.9 Å². The minimum Gasteiger partial charge on any atom is -0.352 e. The highest BCUT2D eigenvalue weighted by Gasteiger charge is 2.32. The topological polar surface area (TPSA) is 63.1 Å². The Morgan fingerprint density at radius 3 is 2.88 bits per heavy atom. The van der Waals surface area contributed by atoms with Crippen LogP contribution in [0.25, 0.3) is 0 Å². The summed E-state index contributed by atoms with van der Waals surface area (Å²) < 4.78 is 1.91. The van der Waals surface area contributed by atoms with Crippen LogP contribution < -0.4 is 5.32 Å². The van der Waals surface area contributed by atoms with Gasteiger partial charge < -0.3 is 5.32 Å². The maximum atomic E-state index is 12.8. The molecule has 0 unspecified atom stereocenters. The third-order valence-corrected chi connectivity index (χ3v) is 6.42. The molecule has 1 aromatic heterocycles. The molecule has 1 aromatic rings. The van der Waals surface area contributed by atoms with Crippen molar-refractivity contribution in [2.24, 2.45) is 17.8 Å². The summed E-state index contributed by atoms with van der Waals surface area (Å²) in [6.45, 7) is 9.52. The van der Waals surface area contributed by atoms with Crippen LogP contribution in [0.2, 0.25) is 0 Å². The van der Waals surface area contributed by atoms with Crippen molar-refractivity contribution in [2.45, 2.75) is 71.5 Å². The summed E-state index contributed by atoms with van der Waals surface area (Å²) in [5.41, 5.74) is 0. The van der Waals surface area contributed by atoms with Crippen LogP contribution in [0.1, 0.15) is 52.9 Å². The van der Waals surface area contributed by atoms with Gasteiger partial charge in [0.1, 0.15) is 12.7 Å². The Labute approximate surface area is 151 Å². The molecule has 2 aliphatic rings. The molecule has 1 N–H and O–H groups in total. The lowest BCUT2D eigenvalue weighted by Gasteiger charge is -2.39. The fourth-order valence-corrected chi connectivity index (χ4v) is 4.44. The second-order valence-corrected chi connectivity index (χ2v) is 8.18. The number of amides is 1. The van der Waals surface area contributed by atoms with E-state index in [2.05, 4.69) is 41.1 Å². The molecule has 0 spiro atoms. The molecule has 2 heterocycles. The predicted octanol–water partition coefficient (Wildman–Crippen LogP) is 2.32. The molecule has 2 fully saturated rings. The van der Waals surface area contributed by atoms with Crippen LogP contribution in [0.3, 0.4) is 0 Å². The number of nitrogens with one attached hydrogen (secondary N) is 1. The number of carbonyl (C=O) groups excluding carboxylic acids is 1. The monoisotopic (exact) mass is 347 g/mol. The van der Waals surface area contributed by atoms with E-state index < -0.39 is 0 Å². The van der Waals surface area contributed by atoms with Crippen LogP contribution >= 0.6 is 0 Å². The van der Waals surface area contributed by atoms with Gasteiger partial charge in [0.25, 0.3) is 0 Å². The Morgan fingerprint density at radius 1 is 1.28 bits per heavy atom. The van der Waals surface area contributed by atoms with E-state index in [1.165, 1.54) is 19.3 Å². The minimum absolute atomic E-state index is 0.0528. The highest BCUT2D eigenvalue weighted by molar-refractivity contribution is 5.81. The van der Waals surface area contributed by atoms with Crippen molar-refractivity contribution >= 4 is 5.91 Å². The van der Waals surface area contributed by atoms with E-state index in [9.17, 15) is 4.79 Å². The molecule has 1 aliphatic heterocycles. The second kappa shape index (κ2) is 8.30. The van der Waals surface area contributed by atoms with Gasteiger partial charge in [0.05, 0.1) is 6.04 Å². The lowest BCUT2D eigenvalue weighted by atomic mass is 9.78. The molecule has 1 aliphatic carbocycles. The summed E-state index contributed by atoms with van der Waals surface area (Å²) in [5.74, 6) is 2.02. The summed E-state index contributed by atoms with van der Waals surface area (Å²) in [5, 5.41) is 7.56. The van der Waals surface area contributed by atoms with E-state index in [1.807, 2.05) is 4.68 Å². The summed E-state index contributed by atoms with van der Waals surface area (Å²) in [6, 6.07) is 0.289. The van der Waals surface area contributed by atoms with E-state index in [0.717, 1.165) is 32.5 Å². The number of nitrogens with zero attached hydrogens (tertiary/aromatic N) is 4. The molecule has 0 radical (unpaired) electrons. The quantitative estimate of drug-likeness (QED) is 0.888. The number of hydrogen-bond acceptors (Lipinski definition) is 4. The molecule has 25 heavy (non-hydrogen) atoms. The number of piperidine rings is 1. The number of rotatable bonds is 5. The molecule has 1 saturated carbocycles. The average molecular weight is 348 g/mol. The number of hydrogen-bond donors (Lipinski definition) is 1. The first-order valence-electron chi connectivity index (χ1n) is 9.91. The summed E-state index contributed by atoms with van der Waals surface area (Å²) in [6.07, 6.45) is 9.35. The molecule has 0 aromatic carbocycles. The van der Waals surface area contributed by atoms with Gasteiger partial charge in [-0.2, -0.15) is 5.10 Å². The van der Waals surface area contributed by atoms with Crippen LogP contribution in [-0.2, 0) is 11.3 Å². The fourth-order valence-electron chi connectivity index (χ4n) is 4.44. The van der Waals surface area contributed by atoms with Crippen molar-refractivity contribution in [3.63, 3.8) is 0 Å². The van der Waals surface area contributed by atoms with Crippen LogP contribution in [0.15, 0.2) is 12.7 Å². The standard InChI is InChI=1S/C19H33N5O/c1-14-6-4-8-18(15(14)2)22-19(25)16(3)23-9-5-7-17(10-23)11-24-13-20-12-21-24/h12-18H,4-11H2,1-3H3,(H,22,25)/t14-,15+,16+,17+,18+/m1/s1. The SMILES string of the molecule is C[C@H]1[C@H](C)CCC[C@@H]1NC(=O)[C@H](C)N1CCC[C@H](Cn2cncn2)C1. The van der Waals surface area contributed by atoms with Gasteiger partial charge in [0, 0.05) is 19.1 Å². The van der Waals surface area contributed by atoms with Gasteiger partial charge in [0.2, 0.25) is 5.91 Å². The normalized spacial score (nSPS) is 32.3. The molecule has 6 heteroatoms. The Bertz CT molecular complexity index is 546. The van der Waals surface area contributed by atoms with Crippen LogP contribution in [0.4, 0.5) is 0 Å².